The van der Waals surface area contributed by atoms with Gasteiger partial charge in [-0.1, -0.05) is 0 Å². The van der Waals surface area contributed by atoms with Crippen LogP contribution in [-0.4, -0.2) is 28.1 Å². The van der Waals surface area contributed by atoms with E-state index in [0.717, 1.165) is 11.8 Å². The zero-order chi connectivity index (χ0) is 14.7. The number of hydrogen-bond acceptors (Lipinski definition) is 2. The highest BCUT2D eigenvalue weighted by atomic mass is 16.4. The van der Waals surface area contributed by atoms with E-state index < -0.39 is 5.97 Å². The Balaban J connectivity index is 1.40. The van der Waals surface area contributed by atoms with Crippen molar-refractivity contribution in [3.8, 4) is 0 Å². The smallest absolute Gasteiger partial charge is 0.354 e. The molecular formula is C15H19N3O3. The van der Waals surface area contributed by atoms with E-state index in [9.17, 15) is 9.59 Å². The first-order valence-corrected chi connectivity index (χ1v) is 7.55. The Bertz CT molecular complexity index is 608. The van der Waals surface area contributed by atoms with Crippen LogP contribution in [0.25, 0.3) is 0 Å². The SMILES string of the molecule is Cc1cc(NC(=O)NC2C3C4CCC(C4)C23)c(C(=O)O)[nH]1. The van der Waals surface area contributed by atoms with E-state index >= 15 is 0 Å². The van der Waals surface area contributed by atoms with Crippen LogP contribution in [0.3, 0.4) is 0 Å². The molecule has 0 aromatic carbocycles. The van der Waals surface area contributed by atoms with Gasteiger partial charge in [-0.25, -0.2) is 9.59 Å². The first kappa shape index (κ1) is 12.7. The van der Waals surface area contributed by atoms with Crippen molar-refractivity contribution in [2.24, 2.45) is 23.7 Å². The van der Waals surface area contributed by atoms with Gasteiger partial charge in [0, 0.05) is 11.7 Å². The van der Waals surface area contributed by atoms with E-state index in [-0.39, 0.29) is 11.7 Å². The summed E-state index contributed by atoms with van der Waals surface area (Å²) in [6.45, 7) is 1.76. The molecule has 0 aliphatic heterocycles. The zero-order valence-electron chi connectivity index (χ0n) is 11.8. The Morgan fingerprint density at radius 3 is 2.57 bits per heavy atom. The minimum atomic E-state index is -1.07. The van der Waals surface area contributed by atoms with Crippen molar-refractivity contribution < 1.29 is 14.7 Å². The standard InChI is InChI=1S/C15H19N3O3/c1-6-4-9(12(16-6)14(19)20)17-15(21)18-13-10-7-2-3-8(5-7)11(10)13/h4,7-8,10-11,13,16H,2-3,5H2,1H3,(H,19,20)(H2,17,18,21). The van der Waals surface area contributed by atoms with Gasteiger partial charge in [-0.2, -0.15) is 0 Å². The van der Waals surface area contributed by atoms with Crippen molar-refractivity contribution in [2.45, 2.75) is 32.2 Å². The number of aromatic carboxylic acids is 1. The normalized spacial score (nSPS) is 35.4. The fourth-order valence-corrected chi connectivity index (χ4v) is 4.68. The van der Waals surface area contributed by atoms with Crippen molar-refractivity contribution >= 4 is 17.7 Å². The number of carboxylic acids is 1. The maximum Gasteiger partial charge on any atom is 0.354 e. The Morgan fingerprint density at radius 2 is 1.95 bits per heavy atom. The van der Waals surface area contributed by atoms with Crippen molar-refractivity contribution in [3.63, 3.8) is 0 Å². The molecule has 1 aromatic rings. The van der Waals surface area contributed by atoms with Gasteiger partial charge in [0.1, 0.15) is 5.69 Å². The van der Waals surface area contributed by atoms with Gasteiger partial charge in [0.2, 0.25) is 0 Å². The molecule has 6 heteroatoms. The van der Waals surface area contributed by atoms with Crippen molar-refractivity contribution in [3.05, 3.63) is 17.5 Å². The fraction of sp³-hybridized carbons (Fsp3) is 0.600. The molecule has 4 unspecified atom stereocenters. The van der Waals surface area contributed by atoms with Crippen LogP contribution in [0.5, 0.6) is 0 Å². The van der Waals surface area contributed by atoms with E-state index in [2.05, 4.69) is 15.6 Å². The van der Waals surface area contributed by atoms with Crippen LogP contribution in [0.2, 0.25) is 0 Å². The number of aromatic nitrogens is 1. The number of hydrogen-bond donors (Lipinski definition) is 4. The summed E-state index contributed by atoms with van der Waals surface area (Å²) in [7, 11) is 0. The maximum absolute atomic E-state index is 12.1. The number of carboxylic acid groups (broad SMARTS) is 1. The van der Waals surface area contributed by atoms with E-state index in [1.807, 2.05) is 0 Å². The highest BCUT2D eigenvalue weighted by Gasteiger charge is 2.65. The van der Waals surface area contributed by atoms with Gasteiger partial charge in [0.25, 0.3) is 0 Å². The summed E-state index contributed by atoms with van der Waals surface area (Å²) < 4.78 is 0. The van der Waals surface area contributed by atoms with Crippen molar-refractivity contribution in [1.82, 2.24) is 10.3 Å². The van der Waals surface area contributed by atoms with Crippen LogP contribution >= 0.6 is 0 Å². The molecule has 4 rings (SSSR count). The molecule has 1 aromatic heterocycles. The second-order valence-electron chi connectivity index (χ2n) is 6.66. The lowest BCUT2D eigenvalue weighted by molar-refractivity contribution is 0.0692. The lowest BCUT2D eigenvalue weighted by Crippen LogP contribution is -2.34. The first-order chi connectivity index (χ1) is 10.0. The van der Waals surface area contributed by atoms with Crippen LogP contribution in [0, 0.1) is 30.6 Å². The summed E-state index contributed by atoms with van der Waals surface area (Å²) in [5, 5.41) is 14.8. The third-order valence-electron chi connectivity index (χ3n) is 5.45. The van der Waals surface area contributed by atoms with Gasteiger partial charge in [0.15, 0.2) is 0 Å². The number of H-pyrrole nitrogens is 1. The lowest BCUT2D eigenvalue weighted by atomic mass is 10.0. The van der Waals surface area contributed by atoms with Crippen molar-refractivity contribution in [1.29, 1.82) is 0 Å². The molecule has 4 N–H and O–H groups in total. The van der Waals surface area contributed by atoms with Gasteiger partial charge >= 0.3 is 12.0 Å². The van der Waals surface area contributed by atoms with E-state index in [1.54, 1.807) is 13.0 Å². The second kappa shape index (κ2) is 4.26. The summed E-state index contributed by atoms with van der Waals surface area (Å²) in [5.41, 5.74) is 1.06. The number of carbonyl (C=O) groups is 2. The molecule has 3 saturated carbocycles. The first-order valence-electron chi connectivity index (χ1n) is 7.55. The number of urea groups is 1. The summed E-state index contributed by atoms with van der Waals surface area (Å²) in [6.07, 6.45) is 3.97. The molecule has 0 saturated heterocycles. The van der Waals surface area contributed by atoms with Crippen LogP contribution in [0.1, 0.15) is 35.4 Å². The van der Waals surface area contributed by atoms with Gasteiger partial charge in [-0.05, 0) is 55.9 Å². The molecule has 1 heterocycles. The number of aryl methyl sites for hydroxylation is 1. The summed E-state index contributed by atoms with van der Waals surface area (Å²) in [4.78, 5) is 25.9. The highest BCUT2D eigenvalue weighted by molar-refractivity contribution is 5.99. The third kappa shape index (κ3) is 1.92. The quantitative estimate of drug-likeness (QED) is 0.687. The van der Waals surface area contributed by atoms with Gasteiger partial charge in [-0.3, -0.25) is 0 Å². The number of aromatic amines is 1. The number of nitrogens with one attached hydrogen (secondary N) is 3. The molecule has 3 fully saturated rings. The molecule has 4 atom stereocenters. The molecule has 3 aliphatic rings. The second-order valence-corrected chi connectivity index (χ2v) is 6.66. The topological polar surface area (TPSA) is 94.2 Å². The number of anilines is 1. The molecule has 21 heavy (non-hydrogen) atoms. The molecule has 0 radical (unpaired) electrons. The monoisotopic (exact) mass is 289 g/mol. The Kier molecular flexibility index (Phi) is 2.58. The summed E-state index contributed by atoms with van der Waals surface area (Å²) in [6, 6.07) is 1.64. The Hall–Kier alpha value is -1.98. The average Bonchev–Trinajstić information content (AvgIpc) is 2.81. The number of amides is 2. The molecule has 2 amide bonds. The minimum Gasteiger partial charge on any atom is -0.477 e. The molecule has 0 spiro atoms. The van der Waals surface area contributed by atoms with Gasteiger partial charge in [0.05, 0.1) is 5.69 Å². The summed E-state index contributed by atoms with van der Waals surface area (Å²) >= 11 is 0. The van der Waals surface area contributed by atoms with E-state index in [4.69, 9.17) is 5.11 Å². The van der Waals surface area contributed by atoms with Gasteiger partial charge < -0.3 is 20.7 Å². The van der Waals surface area contributed by atoms with Crippen molar-refractivity contribution in [2.75, 3.05) is 5.32 Å². The average molecular weight is 289 g/mol. The fourth-order valence-electron chi connectivity index (χ4n) is 4.68. The number of rotatable bonds is 3. The van der Waals surface area contributed by atoms with E-state index in [1.165, 1.54) is 19.3 Å². The van der Waals surface area contributed by atoms with Crippen LogP contribution in [0.4, 0.5) is 10.5 Å². The predicted molar refractivity (Wildman–Crippen MR) is 76.2 cm³/mol. The lowest BCUT2D eigenvalue weighted by Gasteiger charge is -2.11. The van der Waals surface area contributed by atoms with Gasteiger partial charge in [-0.15, -0.1) is 0 Å². The molecular weight excluding hydrogens is 270 g/mol. The zero-order valence-corrected chi connectivity index (χ0v) is 11.8. The van der Waals surface area contributed by atoms with Crippen LogP contribution < -0.4 is 10.6 Å². The predicted octanol–water partition coefficient (Wildman–Crippen LogP) is 2.19. The minimum absolute atomic E-state index is 0.0266. The molecule has 2 bridgehead atoms. The molecule has 3 aliphatic carbocycles. The number of carbonyl (C=O) groups excluding carboxylic acids is 1. The summed E-state index contributed by atoms with van der Waals surface area (Å²) in [5.74, 6) is 1.87. The highest BCUT2D eigenvalue weighted by Crippen LogP contribution is 2.65. The Labute approximate surface area is 122 Å². The maximum atomic E-state index is 12.1. The molecule has 112 valence electrons. The molecule has 6 nitrogen and oxygen atoms in total. The Morgan fingerprint density at radius 1 is 1.29 bits per heavy atom. The van der Waals surface area contributed by atoms with E-state index in [0.29, 0.717) is 29.3 Å². The third-order valence-corrected chi connectivity index (χ3v) is 5.45. The number of fused-ring (bicyclic) bond motifs is 5. The van der Waals surface area contributed by atoms with Crippen LogP contribution in [-0.2, 0) is 0 Å². The van der Waals surface area contributed by atoms with Crippen LogP contribution in [0.15, 0.2) is 6.07 Å². The largest absolute Gasteiger partial charge is 0.477 e.